The summed E-state index contributed by atoms with van der Waals surface area (Å²) in [7, 11) is 3.34. The number of aromatic amines is 1. The monoisotopic (exact) mass is 400 g/mol. The molecule has 158 valence electrons. The maximum absolute atomic E-state index is 12.8. The van der Waals surface area contributed by atoms with Crippen molar-refractivity contribution in [2.45, 2.75) is 33.3 Å². The van der Waals surface area contributed by atoms with Gasteiger partial charge >= 0.3 is 0 Å². The van der Waals surface area contributed by atoms with Gasteiger partial charge < -0.3 is 19.3 Å². The first kappa shape index (κ1) is 21.2. The number of nitrogens with one attached hydrogen (secondary N) is 1. The molecular formula is C22H32N4O3. The molecule has 0 aliphatic carbocycles. The van der Waals surface area contributed by atoms with Crippen molar-refractivity contribution in [1.82, 2.24) is 9.97 Å². The highest BCUT2D eigenvalue weighted by atomic mass is 16.5. The molecule has 2 aromatic rings. The van der Waals surface area contributed by atoms with Gasteiger partial charge in [0, 0.05) is 38.9 Å². The van der Waals surface area contributed by atoms with Crippen molar-refractivity contribution in [1.29, 1.82) is 0 Å². The van der Waals surface area contributed by atoms with E-state index in [1.54, 1.807) is 14.2 Å². The van der Waals surface area contributed by atoms with Crippen LogP contribution in [0.3, 0.4) is 0 Å². The van der Waals surface area contributed by atoms with E-state index in [9.17, 15) is 4.79 Å². The Labute approximate surface area is 172 Å². The molecule has 7 nitrogen and oxygen atoms in total. The van der Waals surface area contributed by atoms with E-state index < -0.39 is 0 Å². The molecule has 0 saturated carbocycles. The van der Waals surface area contributed by atoms with Gasteiger partial charge in [-0.15, -0.1) is 0 Å². The number of H-pyrrole nitrogens is 1. The second-order valence-corrected chi connectivity index (χ2v) is 7.83. The van der Waals surface area contributed by atoms with E-state index in [0.717, 1.165) is 61.7 Å². The largest absolute Gasteiger partial charge is 0.495 e. The van der Waals surface area contributed by atoms with Gasteiger partial charge in [-0.3, -0.25) is 9.78 Å². The quantitative estimate of drug-likeness (QED) is 0.735. The molecular weight excluding hydrogens is 368 g/mol. The van der Waals surface area contributed by atoms with E-state index in [2.05, 4.69) is 34.7 Å². The zero-order valence-corrected chi connectivity index (χ0v) is 17.9. The number of aromatic nitrogens is 2. The first-order valence-corrected chi connectivity index (χ1v) is 10.3. The lowest BCUT2D eigenvalue weighted by atomic mass is 10.0. The van der Waals surface area contributed by atoms with Crippen LogP contribution in [0.1, 0.15) is 31.5 Å². The van der Waals surface area contributed by atoms with Crippen LogP contribution in [0.2, 0.25) is 0 Å². The van der Waals surface area contributed by atoms with Crippen LogP contribution in [-0.4, -0.2) is 50.4 Å². The Kier molecular flexibility index (Phi) is 7.14. The van der Waals surface area contributed by atoms with Gasteiger partial charge in [-0.2, -0.15) is 0 Å². The minimum Gasteiger partial charge on any atom is -0.495 e. The molecule has 0 amide bonds. The Morgan fingerprint density at radius 2 is 1.79 bits per heavy atom. The third kappa shape index (κ3) is 5.09. The first-order chi connectivity index (χ1) is 14.0. The number of ether oxygens (including phenoxy) is 2. The molecule has 0 unspecified atom stereocenters. The number of anilines is 2. The molecule has 0 bridgehead atoms. The Hall–Kier alpha value is -2.54. The first-order valence-electron chi connectivity index (χ1n) is 10.3. The van der Waals surface area contributed by atoms with Crippen LogP contribution < -0.4 is 20.1 Å². The average molecular weight is 401 g/mol. The van der Waals surface area contributed by atoms with Crippen molar-refractivity contribution in [3.8, 4) is 5.75 Å². The molecule has 1 aliphatic heterocycles. The molecule has 1 aromatic heterocycles. The molecule has 0 radical (unpaired) electrons. The predicted octanol–water partition coefficient (Wildman–Crippen LogP) is 2.84. The number of nitrogens with zero attached hydrogens (tertiary/aromatic N) is 3. The van der Waals surface area contributed by atoms with Crippen LogP contribution in [-0.2, 0) is 17.8 Å². The Bertz CT molecular complexity index is 857. The molecule has 29 heavy (non-hydrogen) atoms. The van der Waals surface area contributed by atoms with Crippen LogP contribution in [0, 0.1) is 5.92 Å². The smallest absolute Gasteiger partial charge is 0.255 e. The highest BCUT2D eigenvalue weighted by Crippen LogP contribution is 2.28. The molecule has 1 fully saturated rings. The van der Waals surface area contributed by atoms with Crippen molar-refractivity contribution in [3.05, 3.63) is 45.9 Å². The molecule has 3 rings (SSSR count). The molecule has 1 N–H and O–H groups in total. The molecule has 1 saturated heterocycles. The second kappa shape index (κ2) is 9.78. The highest BCUT2D eigenvalue weighted by molar-refractivity contribution is 5.59. The normalized spacial score (nSPS) is 14.5. The Balaban J connectivity index is 1.75. The lowest BCUT2D eigenvalue weighted by molar-refractivity contribution is 0.180. The zero-order valence-electron chi connectivity index (χ0n) is 17.9. The highest BCUT2D eigenvalue weighted by Gasteiger charge is 2.22. The molecule has 0 atom stereocenters. The number of para-hydroxylation sites is 2. The number of benzene rings is 1. The summed E-state index contributed by atoms with van der Waals surface area (Å²) in [6.45, 7) is 7.89. The van der Waals surface area contributed by atoms with Crippen LogP contribution in [0.25, 0.3) is 0 Å². The zero-order chi connectivity index (χ0) is 20.8. The van der Waals surface area contributed by atoms with Crippen LogP contribution in [0.15, 0.2) is 29.1 Å². The second-order valence-electron chi connectivity index (χ2n) is 7.83. The fourth-order valence-corrected chi connectivity index (χ4v) is 3.68. The van der Waals surface area contributed by atoms with Crippen molar-refractivity contribution < 1.29 is 9.47 Å². The minimum absolute atomic E-state index is 0.0464. The van der Waals surface area contributed by atoms with E-state index in [0.29, 0.717) is 18.5 Å². The van der Waals surface area contributed by atoms with Gasteiger partial charge in [0.1, 0.15) is 5.75 Å². The molecule has 7 heteroatoms. The lowest BCUT2D eigenvalue weighted by Gasteiger charge is -2.37. The molecule has 1 aromatic carbocycles. The van der Waals surface area contributed by atoms with Crippen LogP contribution >= 0.6 is 0 Å². The summed E-state index contributed by atoms with van der Waals surface area (Å²) in [5.74, 6) is 2.05. The summed E-state index contributed by atoms with van der Waals surface area (Å²) in [5.41, 5.74) is 2.55. The summed E-state index contributed by atoms with van der Waals surface area (Å²) < 4.78 is 10.8. The minimum atomic E-state index is -0.0464. The van der Waals surface area contributed by atoms with E-state index in [4.69, 9.17) is 14.5 Å². The maximum atomic E-state index is 12.8. The standard InChI is InChI=1S/C22H32N4O3/c1-16(2)9-10-17-18(15-28-3)23-22(24-21(17)27)26-13-11-25(12-14-26)19-7-5-6-8-20(19)29-4/h5-8,16H,9-15H2,1-4H3,(H,23,24,27). The fourth-order valence-electron chi connectivity index (χ4n) is 3.68. The van der Waals surface area contributed by atoms with Crippen LogP contribution in [0.5, 0.6) is 5.75 Å². The average Bonchev–Trinajstić information content (AvgIpc) is 2.73. The van der Waals surface area contributed by atoms with Crippen molar-refractivity contribution >= 4 is 11.6 Å². The van der Waals surface area contributed by atoms with Gasteiger partial charge in [0.05, 0.1) is 25.1 Å². The maximum Gasteiger partial charge on any atom is 0.255 e. The van der Waals surface area contributed by atoms with E-state index in [1.165, 1.54) is 0 Å². The fraction of sp³-hybridized carbons (Fsp3) is 0.545. The van der Waals surface area contributed by atoms with Gasteiger partial charge in [0.25, 0.3) is 5.56 Å². The summed E-state index contributed by atoms with van der Waals surface area (Å²) in [4.78, 5) is 25.0. The van der Waals surface area contributed by atoms with Gasteiger partial charge in [-0.25, -0.2) is 4.98 Å². The third-order valence-corrected chi connectivity index (χ3v) is 5.35. The number of hydrogen-bond donors (Lipinski definition) is 1. The summed E-state index contributed by atoms with van der Waals surface area (Å²) >= 11 is 0. The van der Waals surface area contributed by atoms with Gasteiger partial charge in [-0.1, -0.05) is 26.0 Å². The Morgan fingerprint density at radius 1 is 1.10 bits per heavy atom. The predicted molar refractivity (Wildman–Crippen MR) is 116 cm³/mol. The number of piperazine rings is 1. The number of hydrogen-bond acceptors (Lipinski definition) is 6. The lowest BCUT2D eigenvalue weighted by Crippen LogP contribution is -2.47. The van der Waals surface area contributed by atoms with E-state index in [1.807, 2.05) is 18.2 Å². The van der Waals surface area contributed by atoms with Crippen LogP contribution in [0.4, 0.5) is 11.6 Å². The van der Waals surface area contributed by atoms with Crippen molar-refractivity contribution in [2.75, 3.05) is 50.2 Å². The van der Waals surface area contributed by atoms with Crippen molar-refractivity contribution in [3.63, 3.8) is 0 Å². The van der Waals surface area contributed by atoms with E-state index in [-0.39, 0.29) is 5.56 Å². The summed E-state index contributed by atoms with van der Waals surface area (Å²) in [6.07, 6.45) is 1.68. The van der Waals surface area contributed by atoms with E-state index >= 15 is 0 Å². The Morgan fingerprint density at radius 3 is 2.45 bits per heavy atom. The molecule has 0 spiro atoms. The SMILES string of the molecule is COCc1nc(N2CCN(c3ccccc3OC)CC2)[nH]c(=O)c1CCC(C)C. The summed E-state index contributed by atoms with van der Waals surface area (Å²) in [5, 5.41) is 0. The van der Waals surface area contributed by atoms with Crippen molar-refractivity contribution in [2.24, 2.45) is 5.92 Å². The van der Waals surface area contributed by atoms with Gasteiger partial charge in [0.2, 0.25) is 5.95 Å². The number of methoxy groups -OCH3 is 2. The summed E-state index contributed by atoms with van der Waals surface area (Å²) in [6, 6.07) is 8.06. The van der Waals surface area contributed by atoms with Gasteiger partial charge in [-0.05, 0) is 30.9 Å². The molecule has 2 heterocycles. The topological polar surface area (TPSA) is 70.7 Å². The molecule has 1 aliphatic rings. The third-order valence-electron chi connectivity index (χ3n) is 5.35. The van der Waals surface area contributed by atoms with Gasteiger partial charge in [0.15, 0.2) is 0 Å². The number of rotatable bonds is 8.